The summed E-state index contributed by atoms with van der Waals surface area (Å²) in [5.74, 6) is -1.13. The number of pyridine rings is 2. The highest BCUT2D eigenvalue weighted by molar-refractivity contribution is 5.85. The Kier molecular flexibility index (Phi) is 39.7. The summed E-state index contributed by atoms with van der Waals surface area (Å²) in [7, 11) is 0. The Balaban J connectivity index is 0.000000835. The Hall–Kier alpha value is -2.53. The van der Waals surface area contributed by atoms with Crippen LogP contribution in [0, 0.1) is 0 Å². The number of aromatic carboxylic acids is 1. The minimum Gasteiger partial charge on any atom is -1.00 e. The van der Waals surface area contributed by atoms with Crippen LogP contribution in [0.1, 0.15) is 204 Å². The molecule has 0 spiro atoms. The lowest BCUT2D eigenvalue weighted by atomic mass is 10.0. The van der Waals surface area contributed by atoms with Crippen LogP contribution in [0.5, 0.6) is 0 Å². The second-order valence-electron chi connectivity index (χ2n) is 15.1. The van der Waals surface area contributed by atoms with Gasteiger partial charge in [-0.05, 0) is 18.4 Å². The number of rotatable bonds is 31. The first-order chi connectivity index (χ1) is 26.2. The molecule has 306 valence electrons. The third kappa shape index (κ3) is 35.2. The topological polar surface area (TPSA) is 47.9 Å². The van der Waals surface area contributed by atoms with Crippen LogP contribution in [0.15, 0.2) is 91.5 Å². The highest BCUT2D eigenvalue weighted by Gasteiger charge is 2.00. The van der Waals surface area contributed by atoms with Crippen LogP contribution >= 0.6 is 0 Å². The highest BCUT2D eigenvalue weighted by Crippen LogP contribution is 2.14. The Bertz CT molecular complexity index is 1080. The van der Waals surface area contributed by atoms with Gasteiger partial charge in [0.1, 0.15) is 13.1 Å². The zero-order valence-electron chi connectivity index (χ0n) is 35.0. The summed E-state index contributed by atoms with van der Waals surface area (Å²) in [5, 5.41) is 10.1. The van der Waals surface area contributed by atoms with E-state index in [4.69, 9.17) is 0 Å². The molecule has 5 heteroatoms. The van der Waals surface area contributed by atoms with Crippen molar-refractivity contribution in [1.82, 2.24) is 0 Å². The fourth-order valence-corrected chi connectivity index (χ4v) is 6.72. The van der Waals surface area contributed by atoms with Gasteiger partial charge >= 0.3 is 0 Å². The van der Waals surface area contributed by atoms with Gasteiger partial charge in [0.2, 0.25) is 0 Å². The highest BCUT2D eigenvalue weighted by atomic mass is 79.9. The van der Waals surface area contributed by atoms with Gasteiger partial charge in [-0.3, -0.25) is 0 Å². The molecule has 0 amide bonds. The van der Waals surface area contributed by atoms with Gasteiger partial charge in [-0.25, -0.2) is 9.13 Å². The lowest BCUT2D eigenvalue weighted by molar-refractivity contribution is -0.697. The van der Waals surface area contributed by atoms with Crippen LogP contribution in [-0.2, 0) is 13.1 Å². The zero-order chi connectivity index (χ0) is 38.1. The Labute approximate surface area is 344 Å². The van der Waals surface area contributed by atoms with Crippen LogP contribution in [0.2, 0.25) is 0 Å². The van der Waals surface area contributed by atoms with Gasteiger partial charge in [-0.1, -0.05) is 210 Å². The van der Waals surface area contributed by atoms with E-state index in [1.807, 2.05) is 0 Å². The molecule has 0 atom stereocenters. The van der Waals surface area contributed by atoms with Crippen molar-refractivity contribution in [3.8, 4) is 0 Å². The summed E-state index contributed by atoms with van der Waals surface area (Å²) in [6.45, 7) is 6.94. The number of nitrogens with zero attached hydrogens (tertiary/aromatic N) is 2. The zero-order valence-corrected chi connectivity index (χ0v) is 36.5. The minimum atomic E-state index is -1.13. The number of aromatic nitrogens is 2. The van der Waals surface area contributed by atoms with Gasteiger partial charge in [0, 0.05) is 37.1 Å². The molecule has 0 aliphatic carbocycles. The van der Waals surface area contributed by atoms with Gasteiger partial charge in [0.15, 0.2) is 24.8 Å². The summed E-state index contributed by atoms with van der Waals surface area (Å²) < 4.78 is 4.58. The number of carboxylic acid groups (broad SMARTS) is 1. The maximum atomic E-state index is 10.1. The standard InChI is InChI=1S/2C21H38N.C7H6O2.BrH/c2*1-2-3-4-5-6-7-8-9-10-11-12-13-14-16-19-22-20-17-15-18-21-22;8-7(9)6-4-2-1-3-5-6;/h2*15,17-18,20-21H,2-14,16,19H2,1H3;1-5H,(H,8,9);1H/q2*+1;;/p-2. The van der Waals surface area contributed by atoms with E-state index in [2.05, 4.69) is 84.2 Å². The average Bonchev–Trinajstić information content (AvgIpc) is 3.20. The largest absolute Gasteiger partial charge is 1.00 e. The average molecular weight is 810 g/mol. The molecule has 54 heavy (non-hydrogen) atoms. The molecule has 0 aliphatic heterocycles. The van der Waals surface area contributed by atoms with E-state index in [0.717, 1.165) is 0 Å². The Morgan fingerprint density at radius 2 is 0.630 bits per heavy atom. The van der Waals surface area contributed by atoms with E-state index in [9.17, 15) is 9.90 Å². The number of unbranched alkanes of at least 4 members (excludes halogenated alkanes) is 26. The molecule has 0 fully saturated rings. The molecule has 1 aromatic carbocycles. The van der Waals surface area contributed by atoms with E-state index in [0.29, 0.717) is 0 Å². The van der Waals surface area contributed by atoms with E-state index in [1.54, 1.807) is 18.2 Å². The maximum Gasteiger partial charge on any atom is 0.168 e. The van der Waals surface area contributed by atoms with Crippen molar-refractivity contribution < 1.29 is 36.0 Å². The fourth-order valence-electron chi connectivity index (χ4n) is 6.72. The van der Waals surface area contributed by atoms with Crippen molar-refractivity contribution >= 4 is 5.97 Å². The summed E-state index contributed by atoms with van der Waals surface area (Å²) in [6, 6.07) is 20.7. The molecule has 0 unspecified atom stereocenters. The summed E-state index contributed by atoms with van der Waals surface area (Å²) in [6.07, 6.45) is 48.8. The number of halogens is 1. The van der Waals surface area contributed by atoms with E-state index in [1.165, 1.54) is 205 Å². The normalized spacial score (nSPS) is 10.4. The minimum absolute atomic E-state index is 0. The monoisotopic (exact) mass is 809 g/mol. The van der Waals surface area contributed by atoms with Crippen molar-refractivity contribution in [2.75, 3.05) is 0 Å². The summed E-state index contributed by atoms with van der Waals surface area (Å²) in [4.78, 5) is 10.1. The number of carboxylic acids is 1. The number of benzene rings is 1. The molecule has 3 rings (SSSR count). The van der Waals surface area contributed by atoms with Crippen molar-refractivity contribution in [2.24, 2.45) is 0 Å². The molecule has 2 aromatic heterocycles. The third-order valence-corrected chi connectivity index (χ3v) is 10.1. The molecule has 0 saturated carbocycles. The van der Waals surface area contributed by atoms with Crippen molar-refractivity contribution in [1.29, 1.82) is 0 Å². The van der Waals surface area contributed by atoms with Gasteiger partial charge in [0.05, 0.1) is 5.97 Å². The maximum absolute atomic E-state index is 10.1. The molecule has 2 heterocycles. The molecule has 0 aliphatic rings. The third-order valence-electron chi connectivity index (χ3n) is 10.1. The van der Waals surface area contributed by atoms with E-state index >= 15 is 0 Å². The van der Waals surface area contributed by atoms with Crippen LogP contribution in [0.3, 0.4) is 0 Å². The first-order valence-corrected chi connectivity index (χ1v) is 22.3. The SMILES string of the molecule is CCCCCCCCCCCCCCCC[n+]1ccccc1.CCCCCCCCCCCCCCCC[n+]1ccccc1.O=C([O-])c1ccccc1.[Br-]. The molecule has 0 N–H and O–H groups in total. The molecule has 0 bridgehead atoms. The van der Waals surface area contributed by atoms with Gasteiger partial charge in [-0.15, -0.1) is 0 Å². The van der Waals surface area contributed by atoms with Crippen molar-refractivity contribution in [2.45, 2.75) is 207 Å². The number of carbonyl (C=O) groups is 1. The number of aryl methyl sites for hydroxylation is 2. The predicted molar refractivity (Wildman–Crippen MR) is 225 cm³/mol. The van der Waals surface area contributed by atoms with Gasteiger partial charge in [-0.2, -0.15) is 0 Å². The van der Waals surface area contributed by atoms with E-state index in [-0.39, 0.29) is 22.5 Å². The molecule has 3 aromatic rings. The molecular weight excluding hydrogens is 728 g/mol. The van der Waals surface area contributed by atoms with E-state index < -0.39 is 5.97 Å². The lowest BCUT2D eigenvalue weighted by Crippen LogP contribution is -3.00. The second-order valence-corrected chi connectivity index (χ2v) is 15.1. The number of hydrogen-bond acceptors (Lipinski definition) is 2. The first kappa shape index (κ1) is 51.5. The first-order valence-electron chi connectivity index (χ1n) is 22.3. The van der Waals surface area contributed by atoms with Crippen LogP contribution in [0.25, 0.3) is 0 Å². The Morgan fingerprint density at radius 3 is 0.870 bits per heavy atom. The quantitative estimate of drug-likeness (QED) is 0.0480. The summed E-state index contributed by atoms with van der Waals surface area (Å²) >= 11 is 0. The molecule has 0 saturated heterocycles. The molecule has 4 nitrogen and oxygen atoms in total. The van der Waals surface area contributed by atoms with Crippen LogP contribution in [0.4, 0.5) is 0 Å². The smallest absolute Gasteiger partial charge is 0.168 e. The Morgan fingerprint density at radius 1 is 0.389 bits per heavy atom. The lowest BCUT2D eigenvalue weighted by Gasteiger charge is -2.02. The van der Waals surface area contributed by atoms with Crippen LogP contribution < -0.4 is 31.2 Å². The van der Waals surface area contributed by atoms with Gasteiger partial charge < -0.3 is 26.9 Å². The summed E-state index contributed by atoms with van der Waals surface area (Å²) in [5.41, 5.74) is 0.220. The number of hydrogen-bond donors (Lipinski definition) is 0. The van der Waals surface area contributed by atoms with Crippen LogP contribution in [-0.4, -0.2) is 5.97 Å². The van der Waals surface area contributed by atoms with Crippen molar-refractivity contribution in [3.63, 3.8) is 0 Å². The molecular formula is C49H81BrN2O2. The second kappa shape index (κ2) is 41.6. The fraction of sp³-hybridized carbons (Fsp3) is 0.653. The number of carbonyl (C=O) groups excluding carboxylic acids is 1. The van der Waals surface area contributed by atoms with Gasteiger partial charge in [0.25, 0.3) is 0 Å². The molecule has 0 radical (unpaired) electrons. The van der Waals surface area contributed by atoms with Crippen molar-refractivity contribution in [3.05, 3.63) is 97.1 Å². The predicted octanol–water partition coefficient (Wildman–Crippen LogP) is 9.96.